The summed E-state index contributed by atoms with van der Waals surface area (Å²) in [6, 6.07) is 4.19. The zero-order valence-electron chi connectivity index (χ0n) is 13.1. The van der Waals surface area contributed by atoms with Gasteiger partial charge in [0.25, 0.3) is 0 Å². The number of ether oxygens (including phenoxy) is 1. The second-order valence-corrected chi connectivity index (χ2v) is 6.26. The van der Waals surface area contributed by atoms with Gasteiger partial charge in [0.05, 0.1) is 5.69 Å². The third-order valence-corrected chi connectivity index (χ3v) is 4.08. The maximum Gasteiger partial charge on any atom is 0.422 e. The molecule has 1 aliphatic rings. The van der Waals surface area contributed by atoms with Crippen LogP contribution in [0.3, 0.4) is 0 Å². The molecule has 0 atom stereocenters. The third-order valence-electron chi connectivity index (χ3n) is 3.85. The van der Waals surface area contributed by atoms with E-state index in [1.54, 1.807) is 0 Å². The first-order chi connectivity index (χ1) is 11.3. The first kappa shape index (κ1) is 18.9. The Kier molecular flexibility index (Phi) is 6.74. The molecule has 0 aliphatic carbocycles. The number of carbonyl (C=O) groups is 1. The van der Waals surface area contributed by atoms with E-state index in [0.29, 0.717) is 12.3 Å². The molecule has 0 spiro atoms. The Morgan fingerprint density at radius 2 is 2.04 bits per heavy atom. The zero-order valence-corrected chi connectivity index (χ0v) is 13.8. The van der Waals surface area contributed by atoms with Gasteiger partial charge in [0.15, 0.2) is 6.61 Å². The van der Waals surface area contributed by atoms with E-state index >= 15 is 0 Å². The molecule has 8 heteroatoms. The number of hydrogen-bond acceptors (Lipinski definition) is 3. The summed E-state index contributed by atoms with van der Waals surface area (Å²) in [7, 11) is 0. The van der Waals surface area contributed by atoms with E-state index in [0.717, 1.165) is 32.4 Å². The minimum atomic E-state index is -4.46. The van der Waals surface area contributed by atoms with Crippen LogP contribution in [0.15, 0.2) is 18.2 Å². The molecule has 1 aliphatic heterocycles. The molecular formula is C16H20ClF3N2O2. The molecule has 4 nitrogen and oxygen atoms in total. The minimum Gasteiger partial charge on any atom is -0.482 e. The molecular weight excluding hydrogens is 345 g/mol. The number of benzene rings is 1. The van der Waals surface area contributed by atoms with Crippen molar-refractivity contribution in [2.24, 2.45) is 5.92 Å². The average Bonchev–Trinajstić information content (AvgIpc) is 2.53. The highest BCUT2D eigenvalue weighted by atomic mass is 35.5. The summed E-state index contributed by atoms with van der Waals surface area (Å²) >= 11 is 5.79. The Morgan fingerprint density at radius 1 is 1.33 bits per heavy atom. The number of hydrogen-bond donors (Lipinski definition) is 2. The number of amides is 1. The molecule has 24 heavy (non-hydrogen) atoms. The molecule has 0 aromatic heterocycles. The summed E-state index contributed by atoms with van der Waals surface area (Å²) in [6.07, 6.45) is -1.30. The number of alkyl halides is 3. The van der Waals surface area contributed by atoms with E-state index in [2.05, 4.69) is 10.6 Å². The molecule has 1 amide bonds. The Morgan fingerprint density at radius 3 is 2.71 bits per heavy atom. The number of nitrogens with one attached hydrogen (secondary N) is 2. The quantitative estimate of drug-likeness (QED) is 0.802. The maximum absolute atomic E-state index is 12.3. The molecule has 1 fully saturated rings. The van der Waals surface area contributed by atoms with Crippen molar-refractivity contribution in [2.45, 2.75) is 31.9 Å². The summed E-state index contributed by atoms with van der Waals surface area (Å²) in [6.45, 7) is 0.475. The molecule has 1 aromatic rings. The van der Waals surface area contributed by atoms with Crippen LogP contribution in [0.1, 0.15) is 25.7 Å². The smallest absolute Gasteiger partial charge is 0.422 e. The molecule has 0 bridgehead atoms. The summed E-state index contributed by atoms with van der Waals surface area (Å²) in [5.41, 5.74) is 0.193. The van der Waals surface area contributed by atoms with E-state index in [9.17, 15) is 18.0 Å². The van der Waals surface area contributed by atoms with Crippen LogP contribution in [0.4, 0.5) is 18.9 Å². The van der Waals surface area contributed by atoms with E-state index in [1.165, 1.54) is 18.2 Å². The van der Waals surface area contributed by atoms with Gasteiger partial charge < -0.3 is 15.4 Å². The highest BCUT2D eigenvalue weighted by Crippen LogP contribution is 2.30. The number of rotatable bonds is 6. The van der Waals surface area contributed by atoms with Crippen molar-refractivity contribution in [3.8, 4) is 5.75 Å². The van der Waals surface area contributed by atoms with Crippen molar-refractivity contribution in [2.75, 3.05) is 25.0 Å². The Bertz CT molecular complexity index is 561. The van der Waals surface area contributed by atoms with Crippen LogP contribution >= 0.6 is 11.6 Å². The number of anilines is 1. The van der Waals surface area contributed by atoms with Crippen LogP contribution in [0.5, 0.6) is 5.75 Å². The second-order valence-electron chi connectivity index (χ2n) is 5.82. The highest BCUT2D eigenvalue weighted by molar-refractivity contribution is 6.30. The maximum atomic E-state index is 12.3. The lowest BCUT2D eigenvalue weighted by Crippen LogP contribution is -2.28. The minimum absolute atomic E-state index is 0.0879. The second kappa shape index (κ2) is 8.58. The molecule has 0 radical (unpaired) electrons. The largest absolute Gasteiger partial charge is 0.482 e. The van der Waals surface area contributed by atoms with Crippen molar-refractivity contribution in [3.63, 3.8) is 0 Å². The summed E-state index contributed by atoms with van der Waals surface area (Å²) < 4.78 is 41.7. The van der Waals surface area contributed by atoms with Crippen LogP contribution in [-0.2, 0) is 4.79 Å². The average molecular weight is 365 g/mol. The molecule has 2 N–H and O–H groups in total. The van der Waals surface area contributed by atoms with Crippen molar-refractivity contribution >= 4 is 23.2 Å². The van der Waals surface area contributed by atoms with Crippen LogP contribution in [0.2, 0.25) is 5.02 Å². The first-order valence-corrected chi connectivity index (χ1v) is 8.21. The van der Waals surface area contributed by atoms with Crippen LogP contribution in [-0.4, -0.2) is 31.8 Å². The summed E-state index contributed by atoms with van der Waals surface area (Å²) in [4.78, 5) is 12.1. The van der Waals surface area contributed by atoms with Gasteiger partial charge in [-0.3, -0.25) is 4.79 Å². The lowest BCUT2D eigenvalue weighted by atomic mass is 9.93. The Hall–Kier alpha value is -1.47. The monoisotopic (exact) mass is 364 g/mol. The number of carbonyl (C=O) groups excluding carboxylic acids is 1. The van der Waals surface area contributed by atoms with Gasteiger partial charge in [0.2, 0.25) is 5.91 Å². The standard InChI is InChI=1S/C16H20ClF3N2O2/c17-12-2-3-13(14(9-12)24-10-16(18,19)20)22-15(23)4-1-11-5-7-21-8-6-11/h2-3,9,11,21H,1,4-8,10H2,(H,22,23). The third kappa shape index (κ3) is 6.57. The van der Waals surface area contributed by atoms with Gasteiger partial charge in [-0.25, -0.2) is 0 Å². The molecule has 1 heterocycles. The topological polar surface area (TPSA) is 50.4 Å². The Labute approximate surface area is 143 Å². The zero-order chi connectivity index (χ0) is 17.6. The lowest BCUT2D eigenvalue weighted by Gasteiger charge is -2.22. The van der Waals surface area contributed by atoms with Crippen molar-refractivity contribution in [1.82, 2.24) is 5.32 Å². The molecule has 0 saturated carbocycles. The Balaban J connectivity index is 1.91. The van der Waals surface area contributed by atoms with Gasteiger partial charge >= 0.3 is 6.18 Å². The molecule has 134 valence electrons. The van der Waals surface area contributed by atoms with Crippen molar-refractivity contribution in [1.29, 1.82) is 0 Å². The summed E-state index contributed by atoms with van der Waals surface area (Å²) in [5, 5.41) is 6.10. The molecule has 0 unspecified atom stereocenters. The SMILES string of the molecule is O=C(CCC1CCNCC1)Nc1ccc(Cl)cc1OCC(F)(F)F. The van der Waals surface area contributed by atoms with Gasteiger partial charge in [0.1, 0.15) is 5.75 Å². The van der Waals surface area contributed by atoms with E-state index in [4.69, 9.17) is 16.3 Å². The fourth-order valence-corrected chi connectivity index (χ4v) is 2.76. The normalized spacial score (nSPS) is 16.0. The fourth-order valence-electron chi connectivity index (χ4n) is 2.60. The van der Waals surface area contributed by atoms with Gasteiger partial charge in [-0.1, -0.05) is 11.6 Å². The number of halogens is 4. The van der Waals surface area contributed by atoms with Gasteiger partial charge in [-0.15, -0.1) is 0 Å². The van der Waals surface area contributed by atoms with Crippen molar-refractivity contribution in [3.05, 3.63) is 23.2 Å². The van der Waals surface area contributed by atoms with Crippen LogP contribution < -0.4 is 15.4 Å². The van der Waals surface area contributed by atoms with Gasteiger partial charge in [0, 0.05) is 17.5 Å². The molecule has 1 saturated heterocycles. The van der Waals surface area contributed by atoms with E-state index in [-0.39, 0.29) is 22.4 Å². The van der Waals surface area contributed by atoms with Crippen molar-refractivity contribution < 1.29 is 22.7 Å². The highest BCUT2D eigenvalue weighted by Gasteiger charge is 2.29. The predicted molar refractivity (Wildman–Crippen MR) is 86.5 cm³/mol. The predicted octanol–water partition coefficient (Wildman–Crippen LogP) is 4.00. The van der Waals surface area contributed by atoms with Crippen LogP contribution in [0.25, 0.3) is 0 Å². The lowest BCUT2D eigenvalue weighted by molar-refractivity contribution is -0.153. The fraction of sp³-hybridized carbons (Fsp3) is 0.562. The molecule has 2 rings (SSSR count). The van der Waals surface area contributed by atoms with Gasteiger partial charge in [-0.2, -0.15) is 13.2 Å². The molecule has 1 aromatic carbocycles. The first-order valence-electron chi connectivity index (χ1n) is 7.83. The van der Waals surface area contributed by atoms with Gasteiger partial charge in [-0.05, 0) is 50.4 Å². The number of piperidine rings is 1. The van der Waals surface area contributed by atoms with E-state index < -0.39 is 12.8 Å². The van der Waals surface area contributed by atoms with Crippen LogP contribution in [0, 0.1) is 5.92 Å². The summed E-state index contributed by atoms with van der Waals surface area (Å²) in [5.74, 6) is 0.172. The van der Waals surface area contributed by atoms with E-state index in [1.807, 2.05) is 0 Å².